The maximum absolute atomic E-state index is 11.4. The highest BCUT2D eigenvalue weighted by molar-refractivity contribution is 9.10. The van der Waals surface area contributed by atoms with Gasteiger partial charge in [0.15, 0.2) is 0 Å². The molecule has 0 aliphatic carbocycles. The van der Waals surface area contributed by atoms with Crippen molar-refractivity contribution in [3.63, 3.8) is 0 Å². The monoisotopic (exact) mass is 437 g/mol. The highest BCUT2D eigenvalue weighted by Crippen LogP contribution is 2.24. The zero-order valence-corrected chi connectivity index (χ0v) is 17.4. The van der Waals surface area contributed by atoms with Crippen molar-refractivity contribution >= 4 is 33.7 Å². The molecule has 2 N–H and O–H groups in total. The fraction of sp³-hybridized carbons (Fsp3) is 0.350. The molecule has 0 heterocycles. The van der Waals surface area contributed by atoms with Crippen LogP contribution in [0.15, 0.2) is 46.9 Å². The SMILES string of the molecule is CSCCC(NCc1cc(Br)ccc1OCc1cccc(C)c1)C(=O)O. The van der Waals surface area contributed by atoms with Crippen molar-refractivity contribution in [1.29, 1.82) is 0 Å². The quantitative estimate of drug-likeness (QED) is 0.567. The smallest absolute Gasteiger partial charge is 0.320 e. The number of aryl methyl sites for hydroxylation is 1. The molecule has 0 saturated carbocycles. The zero-order chi connectivity index (χ0) is 18.9. The molecule has 1 atom stereocenters. The van der Waals surface area contributed by atoms with Crippen molar-refractivity contribution in [3.8, 4) is 5.75 Å². The summed E-state index contributed by atoms with van der Waals surface area (Å²) in [6.45, 7) is 2.97. The second-order valence-electron chi connectivity index (χ2n) is 6.08. The molecule has 1 unspecified atom stereocenters. The molecule has 2 aromatic carbocycles. The highest BCUT2D eigenvalue weighted by Gasteiger charge is 2.17. The van der Waals surface area contributed by atoms with Crippen molar-refractivity contribution in [1.82, 2.24) is 5.32 Å². The molecule has 0 saturated heterocycles. The van der Waals surface area contributed by atoms with Crippen molar-refractivity contribution in [2.24, 2.45) is 0 Å². The fourth-order valence-electron chi connectivity index (χ4n) is 2.57. The van der Waals surface area contributed by atoms with E-state index in [0.717, 1.165) is 27.1 Å². The number of halogens is 1. The number of benzene rings is 2. The number of thioether (sulfide) groups is 1. The van der Waals surface area contributed by atoms with Crippen LogP contribution in [-0.4, -0.2) is 29.1 Å². The first kappa shape index (κ1) is 20.8. The minimum atomic E-state index is -0.823. The minimum absolute atomic E-state index is 0.438. The molecule has 0 fully saturated rings. The number of rotatable bonds is 10. The molecule has 0 aromatic heterocycles. The average molecular weight is 438 g/mol. The van der Waals surface area contributed by atoms with Crippen molar-refractivity contribution in [3.05, 3.63) is 63.6 Å². The molecule has 0 spiro atoms. The van der Waals surface area contributed by atoms with Crippen LogP contribution in [0.4, 0.5) is 0 Å². The zero-order valence-electron chi connectivity index (χ0n) is 15.0. The van der Waals surface area contributed by atoms with Gasteiger partial charge in [-0.1, -0.05) is 45.8 Å². The summed E-state index contributed by atoms with van der Waals surface area (Å²) in [4.78, 5) is 11.4. The lowest BCUT2D eigenvalue weighted by atomic mass is 10.1. The maximum atomic E-state index is 11.4. The molecule has 0 aliphatic heterocycles. The third-order valence-electron chi connectivity index (χ3n) is 3.95. The summed E-state index contributed by atoms with van der Waals surface area (Å²) in [5.74, 6) is 0.742. The van der Waals surface area contributed by atoms with Crippen LogP contribution in [0.1, 0.15) is 23.1 Å². The number of hydrogen-bond donors (Lipinski definition) is 2. The lowest BCUT2D eigenvalue weighted by Gasteiger charge is -2.17. The fourth-order valence-corrected chi connectivity index (χ4v) is 3.45. The van der Waals surface area contributed by atoms with Crippen LogP contribution in [0.2, 0.25) is 0 Å². The normalized spacial score (nSPS) is 12.0. The molecular weight excluding hydrogens is 414 g/mol. The summed E-state index contributed by atoms with van der Waals surface area (Å²) in [7, 11) is 0. The van der Waals surface area contributed by atoms with Gasteiger partial charge in [-0.3, -0.25) is 4.79 Å². The van der Waals surface area contributed by atoms with Crippen molar-refractivity contribution in [2.45, 2.75) is 32.5 Å². The van der Waals surface area contributed by atoms with Gasteiger partial charge in [-0.2, -0.15) is 11.8 Å². The minimum Gasteiger partial charge on any atom is -0.489 e. The molecule has 0 amide bonds. The summed E-state index contributed by atoms with van der Waals surface area (Å²) >= 11 is 5.12. The maximum Gasteiger partial charge on any atom is 0.320 e. The Morgan fingerprint density at radius 1 is 1.31 bits per heavy atom. The first-order chi connectivity index (χ1) is 12.5. The van der Waals surface area contributed by atoms with Gasteiger partial charge in [0, 0.05) is 16.6 Å². The number of carboxylic acids is 1. The van der Waals surface area contributed by atoms with Crippen LogP contribution >= 0.6 is 27.7 Å². The van der Waals surface area contributed by atoms with Crippen LogP contribution in [0.3, 0.4) is 0 Å². The van der Waals surface area contributed by atoms with E-state index in [0.29, 0.717) is 19.6 Å². The van der Waals surface area contributed by atoms with E-state index in [9.17, 15) is 9.90 Å². The first-order valence-corrected chi connectivity index (χ1v) is 10.6. The Balaban J connectivity index is 2.05. The van der Waals surface area contributed by atoms with Crippen molar-refractivity contribution in [2.75, 3.05) is 12.0 Å². The topological polar surface area (TPSA) is 58.6 Å². The van der Waals surface area contributed by atoms with Gasteiger partial charge in [0.1, 0.15) is 18.4 Å². The molecular formula is C20H24BrNO3S. The van der Waals surface area contributed by atoms with Gasteiger partial charge in [0.05, 0.1) is 0 Å². The molecule has 2 rings (SSSR count). The number of carbonyl (C=O) groups is 1. The Hall–Kier alpha value is -1.50. The Morgan fingerprint density at radius 2 is 2.12 bits per heavy atom. The largest absolute Gasteiger partial charge is 0.489 e. The predicted octanol–water partition coefficient (Wildman–Crippen LogP) is 4.63. The predicted molar refractivity (Wildman–Crippen MR) is 111 cm³/mol. The molecule has 6 heteroatoms. The second-order valence-corrected chi connectivity index (χ2v) is 7.98. The van der Waals surface area contributed by atoms with E-state index in [2.05, 4.69) is 40.3 Å². The number of hydrogen-bond acceptors (Lipinski definition) is 4. The molecule has 0 bridgehead atoms. The van der Waals surface area contributed by atoms with Gasteiger partial charge in [-0.25, -0.2) is 0 Å². The van der Waals surface area contributed by atoms with Crippen LogP contribution < -0.4 is 10.1 Å². The number of ether oxygens (including phenoxy) is 1. The summed E-state index contributed by atoms with van der Waals surface area (Å²) in [5.41, 5.74) is 3.24. The number of carboxylic acid groups (broad SMARTS) is 1. The summed E-state index contributed by atoms with van der Waals surface area (Å²) in [5, 5.41) is 12.5. The van der Waals surface area contributed by atoms with E-state index < -0.39 is 12.0 Å². The Kier molecular flexibility index (Phi) is 8.48. The van der Waals surface area contributed by atoms with Gasteiger partial charge in [0.25, 0.3) is 0 Å². The Morgan fingerprint density at radius 3 is 2.81 bits per heavy atom. The number of nitrogens with one attached hydrogen (secondary N) is 1. The third-order valence-corrected chi connectivity index (χ3v) is 5.08. The Bertz CT molecular complexity index is 739. The summed E-state index contributed by atoms with van der Waals surface area (Å²) < 4.78 is 6.93. The molecule has 26 heavy (non-hydrogen) atoms. The molecule has 0 radical (unpaired) electrons. The van der Waals surface area contributed by atoms with Crippen LogP contribution in [0.25, 0.3) is 0 Å². The molecule has 0 aliphatic rings. The van der Waals surface area contributed by atoms with E-state index in [4.69, 9.17) is 4.74 Å². The second kappa shape index (κ2) is 10.6. The van der Waals surface area contributed by atoms with Crippen LogP contribution in [0.5, 0.6) is 5.75 Å². The highest BCUT2D eigenvalue weighted by atomic mass is 79.9. The lowest BCUT2D eigenvalue weighted by Crippen LogP contribution is -2.36. The first-order valence-electron chi connectivity index (χ1n) is 8.41. The van der Waals surface area contributed by atoms with E-state index >= 15 is 0 Å². The van der Waals surface area contributed by atoms with Crippen LogP contribution in [0, 0.1) is 6.92 Å². The molecule has 4 nitrogen and oxygen atoms in total. The average Bonchev–Trinajstić information content (AvgIpc) is 2.60. The summed E-state index contributed by atoms with van der Waals surface area (Å²) in [6, 6.07) is 13.4. The van der Waals surface area contributed by atoms with Gasteiger partial charge < -0.3 is 15.2 Å². The lowest BCUT2D eigenvalue weighted by molar-refractivity contribution is -0.139. The van der Waals surface area contributed by atoms with Crippen LogP contribution in [-0.2, 0) is 17.9 Å². The summed E-state index contributed by atoms with van der Waals surface area (Å²) in [6.07, 6.45) is 2.56. The van der Waals surface area contributed by atoms with Gasteiger partial charge in [-0.05, 0) is 49.1 Å². The standard InChI is InChI=1S/C20H24BrNO3S/c1-14-4-3-5-15(10-14)13-25-19-7-6-17(21)11-16(19)12-22-18(20(23)24)8-9-26-2/h3-7,10-11,18,22H,8-9,12-13H2,1-2H3,(H,23,24). The molecule has 2 aromatic rings. The van der Waals surface area contributed by atoms with E-state index in [1.165, 1.54) is 5.56 Å². The Labute approximate surface area is 167 Å². The van der Waals surface area contributed by atoms with Crippen molar-refractivity contribution < 1.29 is 14.6 Å². The van der Waals surface area contributed by atoms with E-state index in [1.807, 2.05) is 36.6 Å². The van der Waals surface area contributed by atoms with E-state index in [-0.39, 0.29) is 0 Å². The van der Waals surface area contributed by atoms with Gasteiger partial charge in [-0.15, -0.1) is 0 Å². The van der Waals surface area contributed by atoms with E-state index in [1.54, 1.807) is 11.8 Å². The molecule has 140 valence electrons. The third kappa shape index (κ3) is 6.67. The van der Waals surface area contributed by atoms with Gasteiger partial charge in [0.2, 0.25) is 0 Å². The van der Waals surface area contributed by atoms with Gasteiger partial charge >= 0.3 is 5.97 Å². The number of aliphatic carboxylic acids is 1.